The topological polar surface area (TPSA) is 53.4 Å². The normalized spacial score (nSPS) is 17.9. The van der Waals surface area contributed by atoms with Gasteiger partial charge in [0, 0.05) is 45.1 Å². The van der Waals surface area contributed by atoms with E-state index in [1.807, 2.05) is 0 Å². The van der Waals surface area contributed by atoms with E-state index in [9.17, 15) is 4.79 Å². The summed E-state index contributed by atoms with van der Waals surface area (Å²) in [6.45, 7) is 8.72. The molecule has 1 N–H and O–H groups in total. The van der Waals surface area contributed by atoms with Gasteiger partial charge in [-0.25, -0.2) is 9.99 Å². The number of piperazine rings is 1. The molecule has 0 atom stereocenters. The van der Waals surface area contributed by atoms with Crippen LogP contribution >= 0.6 is 0 Å². The van der Waals surface area contributed by atoms with Gasteiger partial charge in [-0.05, 0) is 13.0 Å². The molecule has 0 bridgehead atoms. The molecule has 1 aliphatic rings. The van der Waals surface area contributed by atoms with Gasteiger partial charge in [-0.15, -0.1) is 0 Å². The number of nitrogens with zero attached hydrogens (tertiary/aromatic N) is 4. The Morgan fingerprint density at radius 2 is 2.00 bits per heavy atom. The van der Waals surface area contributed by atoms with E-state index in [-0.39, 0.29) is 5.56 Å². The van der Waals surface area contributed by atoms with Crippen molar-refractivity contribution in [2.75, 3.05) is 38.7 Å². The summed E-state index contributed by atoms with van der Waals surface area (Å²) in [6.07, 6.45) is 3.43. The third-order valence-electron chi connectivity index (χ3n) is 3.24. The van der Waals surface area contributed by atoms with Gasteiger partial charge in [-0.1, -0.05) is 13.8 Å². The molecule has 0 aromatic carbocycles. The van der Waals surface area contributed by atoms with E-state index in [0.717, 1.165) is 32.7 Å². The van der Waals surface area contributed by atoms with E-state index >= 15 is 0 Å². The van der Waals surface area contributed by atoms with Crippen molar-refractivity contribution in [3.05, 3.63) is 22.7 Å². The molecule has 0 unspecified atom stereocenters. The van der Waals surface area contributed by atoms with E-state index in [4.69, 9.17) is 0 Å². The lowest BCUT2D eigenvalue weighted by molar-refractivity contribution is 0.178. The Bertz CT molecular complexity index is 462. The van der Waals surface area contributed by atoms with Crippen LogP contribution < -0.4 is 11.0 Å². The Kier molecular flexibility index (Phi) is 4.55. The number of hydrogen-bond acceptors (Lipinski definition) is 5. The monoisotopic (exact) mass is 265 g/mol. The lowest BCUT2D eigenvalue weighted by atomic mass is 10.2. The molecule has 0 radical (unpaired) electrons. The first-order valence-electron chi connectivity index (χ1n) is 6.82. The zero-order valence-corrected chi connectivity index (χ0v) is 12.0. The van der Waals surface area contributed by atoms with Gasteiger partial charge in [0.1, 0.15) is 0 Å². The number of rotatable bonds is 4. The van der Waals surface area contributed by atoms with Crippen LogP contribution in [-0.4, -0.2) is 52.7 Å². The lowest BCUT2D eigenvalue weighted by Gasteiger charge is -2.32. The van der Waals surface area contributed by atoms with Gasteiger partial charge < -0.3 is 9.47 Å². The summed E-state index contributed by atoms with van der Waals surface area (Å²) in [5.41, 5.74) is 3.10. The fraction of sp³-hybridized carbons (Fsp3) is 0.692. The molecular weight excluding hydrogens is 242 g/mol. The smallest absolute Gasteiger partial charge is 0.294 e. The summed E-state index contributed by atoms with van der Waals surface area (Å²) in [4.78, 5) is 18.7. The van der Waals surface area contributed by atoms with Gasteiger partial charge in [0.15, 0.2) is 0 Å². The average Bonchev–Trinajstić information content (AvgIpc) is 2.36. The molecule has 1 aliphatic heterocycles. The maximum absolute atomic E-state index is 12.2. The highest BCUT2D eigenvalue weighted by molar-refractivity contribution is 5.29. The fourth-order valence-corrected chi connectivity index (χ4v) is 2.13. The number of likely N-dealkylation sites (N-methyl/N-ethyl adjacent to an activating group) is 1. The first-order chi connectivity index (χ1) is 9.06. The fourth-order valence-electron chi connectivity index (χ4n) is 2.13. The van der Waals surface area contributed by atoms with E-state index in [0.29, 0.717) is 11.7 Å². The van der Waals surface area contributed by atoms with Crippen LogP contribution in [0.5, 0.6) is 0 Å². The third-order valence-corrected chi connectivity index (χ3v) is 3.24. The second-order valence-corrected chi connectivity index (χ2v) is 5.53. The largest absolute Gasteiger partial charge is 0.311 e. The quantitative estimate of drug-likeness (QED) is 0.858. The second-order valence-electron chi connectivity index (χ2n) is 5.53. The number of aromatic nitrogens is 2. The minimum absolute atomic E-state index is 0.0462. The van der Waals surface area contributed by atoms with Crippen molar-refractivity contribution in [2.45, 2.75) is 20.4 Å². The molecule has 6 nitrogen and oxygen atoms in total. The molecule has 0 saturated carbocycles. The molecule has 0 spiro atoms. The predicted octanol–water partition coefficient (Wildman–Crippen LogP) is 0.474. The van der Waals surface area contributed by atoms with Crippen molar-refractivity contribution in [2.24, 2.45) is 5.92 Å². The lowest BCUT2D eigenvalue weighted by Crippen LogP contribution is -2.48. The van der Waals surface area contributed by atoms with Crippen LogP contribution in [0.15, 0.2) is 17.2 Å². The van der Waals surface area contributed by atoms with Crippen LogP contribution in [0.1, 0.15) is 13.8 Å². The number of hydrazine groups is 1. The Balaban J connectivity index is 2.06. The van der Waals surface area contributed by atoms with E-state index in [1.165, 1.54) is 0 Å². The molecule has 1 aromatic heterocycles. The number of nitrogens with one attached hydrogen (secondary N) is 1. The maximum Gasteiger partial charge on any atom is 0.294 e. The summed E-state index contributed by atoms with van der Waals surface area (Å²) in [7, 11) is 2.10. The molecule has 2 rings (SSSR count). The Morgan fingerprint density at radius 3 is 2.63 bits per heavy atom. The van der Waals surface area contributed by atoms with Crippen molar-refractivity contribution in [1.29, 1.82) is 0 Å². The summed E-state index contributed by atoms with van der Waals surface area (Å²) >= 11 is 0. The SMILES string of the molecule is CC(C)Cn1ccnc(NN2CCN(C)CC2)c1=O. The minimum atomic E-state index is -0.0462. The van der Waals surface area contributed by atoms with Crippen LogP contribution in [0.4, 0.5) is 5.82 Å². The summed E-state index contributed by atoms with van der Waals surface area (Å²) in [5.74, 6) is 0.865. The summed E-state index contributed by atoms with van der Waals surface area (Å²) in [5, 5.41) is 2.06. The number of anilines is 1. The molecule has 1 fully saturated rings. The van der Waals surface area contributed by atoms with E-state index in [2.05, 4.69) is 41.2 Å². The molecule has 2 heterocycles. The van der Waals surface area contributed by atoms with Crippen LogP contribution in [0.25, 0.3) is 0 Å². The van der Waals surface area contributed by atoms with Crippen molar-refractivity contribution in [3.63, 3.8) is 0 Å². The Hall–Kier alpha value is -1.40. The van der Waals surface area contributed by atoms with Crippen molar-refractivity contribution in [1.82, 2.24) is 19.5 Å². The van der Waals surface area contributed by atoms with Crippen LogP contribution in [0, 0.1) is 5.92 Å². The van der Waals surface area contributed by atoms with Gasteiger partial charge in [0.25, 0.3) is 5.56 Å². The van der Waals surface area contributed by atoms with Crippen molar-refractivity contribution >= 4 is 5.82 Å². The van der Waals surface area contributed by atoms with Crippen LogP contribution in [0.2, 0.25) is 0 Å². The molecule has 106 valence electrons. The standard InChI is InChI=1S/C13H23N5O/c1-11(2)10-17-5-4-14-12(13(17)19)15-18-8-6-16(3)7-9-18/h4-5,11H,6-10H2,1-3H3,(H,14,15). The highest BCUT2D eigenvalue weighted by Crippen LogP contribution is 2.03. The van der Waals surface area contributed by atoms with Crippen molar-refractivity contribution in [3.8, 4) is 0 Å². The van der Waals surface area contributed by atoms with Gasteiger partial charge in [0.2, 0.25) is 5.82 Å². The van der Waals surface area contributed by atoms with Crippen LogP contribution in [0.3, 0.4) is 0 Å². The molecule has 0 amide bonds. The third kappa shape index (κ3) is 3.78. The molecule has 1 aromatic rings. The minimum Gasteiger partial charge on any atom is -0.311 e. The first kappa shape index (κ1) is 14.0. The molecule has 6 heteroatoms. The van der Waals surface area contributed by atoms with Gasteiger partial charge in [-0.3, -0.25) is 10.2 Å². The zero-order chi connectivity index (χ0) is 13.8. The highest BCUT2D eigenvalue weighted by atomic mass is 16.1. The molecule has 1 saturated heterocycles. The van der Waals surface area contributed by atoms with Gasteiger partial charge in [0.05, 0.1) is 0 Å². The van der Waals surface area contributed by atoms with Crippen molar-refractivity contribution < 1.29 is 0 Å². The average molecular weight is 265 g/mol. The molecule has 19 heavy (non-hydrogen) atoms. The Morgan fingerprint density at radius 1 is 1.32 bits per heavy atom. The second kappa shape index (κ2) is 6.16. The van der Waals surface area contributed by atoms with E-state index in [1.54, 1.807) is 17.0 Å². The van der Waals surface area contributed by atoms with Crippen LogP contribution in [-0.2, 0) is 6.54 Å². The summed E-state index contributed by atoms with van der Waals surface area (Å²) in [6, 6.07) is 0. The van der Waals surface area contributed by atoms with Gasteiger partial charge >= 0.3 is 0 Å². The first-order valence-corrected chi connectivity index (χ1v) is 6.82. The molecule has 0 aliphatic carbocycles. The highest BCUT2D eigenvalue weighted by Gasteiger charge is 2.15. The zero-order valence-electron chi connectivity index (χ0n) is 12.0. The van der Waals surface area contributed by atoms with E-state index < -0.39 is 0 Å². The summed E-state index contributed by atoms with van der Waals surface area (Å²) < 4.78 is 1.72. The number of hydrogen-bond donors (Lipinski definition) is 1. The molecular formula is C13H23N5O. The maximum atomic E-state index is 12.2. The van der Waals surface area contributed by atoms with Gasteiger partial charge in [-0.2, -0.15) is 0 Å². The Labute approximate surface area is 114 Å². The predicted molar refractivity (Wildman–Crippen MR) is 76.0 cm³/mol.